The predicted octanol–water partition coefficient (Wildman–Crippen LogP) is 6.34. The standard InChI is InChI=1S/C18H12Cl5N3O4/c1-7-5-8(28-2)3-4-9(7)16-18(26-30-25-16)24-10(27)6-29-17-14(22)12(20)11(19)13(21)15(17)23/h3-5H,6H2,1-2H3,(H,24,26,27). The largest absolute Gasteiger partial charge is 0.497 e. The fraction of sp³-hybridized carbons (Fsp3) is 0.167. The van der Waals surface area contributed by atoms with Gasteiger partial charge < -0.3 is 14.8 Å². The van der Waals surface area contributed by atoms with Crippen molar-refractivity contribution in [1.29, 1.82) is 0 Å². The molecule has 12 heteroatoms. The quantitative estimate of drug-likeness (QED) is 0.307. The number of nitrogens with one attached hydrogen (secondary N) is 1. The van der Waals surface area contributed by atoms with Gasteiger partial charge in [0, 0.05) is 5.56 Å². The number of hydrogen-bond acceptors (Lipinski definition) is 6. The summed E-state index contributed by atoms with van der Waals surface area (Å²) < 4.78 is 15.4. The second-order valence-electron chi connectivity index (χ2n) is 5.88. The summed E-state index contributed by atoms with van der Waals surface area (Å²) in [6.07, 6.45) is 0. The van der Waals surface area contributed by atoms with Gasteiger partial charge in [0.2, 0.25) is 5.82 Å². The number of hydrogen-bond donors (Lipinski definition) is 1. The first-order chi connectivity index (χ1) is 14.2. The molecule has 1 N–H and O–H groups in total. The lowest BCUT2D eigenvalue weighted by molar-refractivity contribution is -0.118. The number of carbonyl (C=O) groups is 1. The maximum atomic E-state index is 12.4. The maximum absolute atomic E-state index is 12.4. The lowest BCUT2D eigenvalue weighted by atomic mass is 10.1. The summed E-state index contributed by atoms with van der Waals surface area (Å²) in [6.45, 7) is 1.39. The van der Waals surface area contributed by atoms with Crippen molar-refractivity contribution in [3.63, 3.8) is 0 Å². The van der Waals surface area contributed by atoms with Crippen LogP contribution in [0, 0.1) is 6.92 Å². The molecule has 1 amide bonds. The summed E-state index contributed by atoms with van der Waals surface area (Å²) in [5.74, 6) is 0.145. The van der Waals surface area contributed by atoms with E-state index in [2.05, 4.69) is 15.6 Å². The molecular formula is C18H12Cl5N3O4. The number of carbonyl (C=O) groups excluding carboxylic acids is 1. The van der Waals surface area contributed by atoms with E-state index >= 15 is 0 Å². The Labute approximate surface area is 196 Å². The van der Waals surface area contributed by atoms with E-state index in [4.69, 9.17) is 72.1 Å². The van der Waals surface area contributed by atoms with E-state index in [0.717, 1.165) is 5.56 Å². The molecule has 0 radical (unpaired) electrons. The van der Waals surface area contributed by atoms with Crippen molar-refractivity contribution in [1.82, 2.24) is 10.3 Å². The Morgan fingerprint density at radius 2 is 1.67 bits per heavy atom. The third-order valence-electron chi connectivity index (χ3n) is 3.95. The van der Waals surface area contributed by atoms with Gasteiger partial charge in [-0.3, -0.25) is 4.79 Å². The Balaban J connectivity index is 1.76. The molecule has 7 nitrogen and oxygen atoms in total. The van der Waals surface area contributed by atoms with Crippen LogP contribution in [-0.2, 0) is 4.79 Å². The summed E-state index contributed by atoms with van der Waals surface area (Å²) in [5.41, 5.74) is 1.90. The van der Waals surface area contributed by atoms with Crippen LogP contribution in [-0.4, -0.2) is 29.9 Å². The van der Waals surface area contributed by atoms with Gasteiger partial charge in [0.15, 0.2) is 18.1 Å². The van der Waals surface area contributed by atoms with Crippen molar-refractivity contribution < 1.29 is 18.9 Å². The number of methoxy groups -OCH3 is 1. The molecule has 1 aromatic heterocycles. The average Bonchev–Trinajstić information content (AvgIpc) is 3.18. The van der Waals surface area contributed by atoms with Gasteiger partial charge in [0.25, 0.3) is 5.91 Å². The number of rotatable bonds is 6. The van der Waals surface area contributed by atoms with Crippen molar-refractivity contribution in [3.05, 3.63) is 48.9 Å². The lowest BCUT2D eigenvalue weighted by Crippen LogP contribution is -2.21. The van der Waals surface area contributed by atoms with E-state index in [0.29, 0.717) is 17.0 Å². The van der Waals surface area contributed by atoms with Crippen LogP contribution in [0.2, 0.25) is 25.1 Å². The second kappa shape index (κ2) is 9.49. The van der Waals surface area contributed by atoms with Crippen LogP contribution in [0.3, 0.4) is 0 Å². The molecule has 3 rings (SSSR count). The van der Waals surface area contributed by atoms with Crippen LogP contribution >= 0.6 is 58.0 Å². The zero-order valence-corrected chi connectivity index (χ0v) is 19.1. The third-order valence-corrected chi connectivity index (χ3v) is 6.19. The molecule has 0 saturated heterocycles. The smallest absolute Gasteiger partial charge is 0.263 e. The van der Waals surface area contributed by atoms with E-state index in [1.807, 2.05) is 13.0 Å². The van der Waals surface area contributed by atoms with Crippen molar-refractivity contribution in [3.8, 4) is 22.8 Å². The van der Waals surface area contributed by atoms with Crippen LogP contribution in [0.1, 0.15) is 5.56 Å². The highest BCUT2D eigenvalue weighted by Crippen LogP contribution is 2.48. The highest BCUT2D eigenvalue weighted by atomic mass is 35.5. The SMILES string of the molecule is COc1ccc(-c2nonc2NC(=O)COc2c(Cl)c(Cl)c(Cl)c(Cl)c2Cl)c(C)c1. The zero-order valence-electron chi connectivity index (χ0n) is 15.4. The van der Waals surface area contributed by atoms with E-state index in [1.54, 1.807) is 19.2 Å². The minimum atomic E-state index is -0.576. The number of ether oxygens (including phenoxy) is 2. The van der Waals surface area contributed by atoms with Crippen LogP contribution in [0.15, 0.2) is 22.8 Å². The molecular weight excluding hydrogens is 499 g/mol. The molecule has 0 spiro atoms. The fourth-order valence-electron chi connectivity index (χ4n) is 2.49. The number of nitrogens with zero attached hydrogens (tertiary/aromatic N) is 2. The third kappa shape index (κ3) is 4.55. The molecule has 0 aliphatic heterocycles. The van der Waals surface area contributed by atoms with E-state index < -0.39 is 12.5 Å². The molecule has 0 atom stereocenters. The minimum Gasteiger partial charge on any atom is -0.497 e. The molecule has 0 saturated carbocycles. The van der Waals surface area contributed by atoms with Crippen molar-refractivity contribution in [2.45, 2.75) is 6.92 Å². The molecule has 158 valence electrons. The summed E-state index contributed by atoms with van der Waals surface area (Å²) in [7, 11) is 1.57. The van der Waals surface area contributed by atoms with Crippen LogP contribution in [0.5, 0.6) is 11.5 Å². The normalized spacial score (nSPS) is 10.8. The second-order valence-corrected chi connectivity index (χ2v) is 7.77. The Kier molecular flexibility index (Phi) is 7.21. The molecule has 0 aliphatic rings. The number of halogens is 5. The van der Waals surface area contributed by atoms with E-state index in [-0.39, 0.29) is 36.7 Å². The summed E-state index contributed by atoms with van der Waals surface area (Å²) >= 11 is 30.1. The first-order valence-electron chi connectivity index (χ1n) is 8.16. The Hall–Kier alpha value is -1.90. The van der Waals surface area contributed by atoms with Gasteiger partial charge >= 0.3 is 0 Å². The summed E-state index contributed by atoms with van der Waals surface area (Å²) in [6, 6.07) is 5.34. The molecule has 0 aliphatic carbocycles. The fourth-order valence-corrected chi connectivity index (χ4v) is 3.72. The maximum Gasteiger partial charge on any atom is 0.263 e. The van der Waals surface area contributed by atoms with Crippen LogP contribution < -0.4 is 14.8 Å². The summed E-state index contributed by atoms with van der Waals surface area (Å²) in [5, 5.41) is 9.91. The molecule has 30 heavy (non-hydrogen) atoms. The zero-order chi connectivity index (χ0) is 22.0. The van der Waals surface area contributed by atoms with Crippen molar-refractivity contribution in [2.75, 3.05) is 19.0 Å². The van der Waals surface area contributed by atoms with Crippen LogP contribution in [0.4, 0.5) is 5.82 Å². The van der Waals surface area contributed by atoms with Gasteiger partial charge in [0.1, 0.15) is 15.8 Å². The predicted molar refractivity (Wildman–Crippen MR) is 117 cm³/mol. The van der Waals surface area contributed by atoms with Crippen molar-refractivity contribution >= 4 is 69.7 Å². The Morgan fingerprint density at radius 3 is 2.27 bits per heavy atom. The molecule has 0 bridgehead atoms. The highest BCUT2D eigenvalue weighted by molar-refractivity contribution is 6.55. The Bertz CT molecular complexity index is 1090. The van der Waals surface area contributed by atoms with E-state index in [9.17, 15) is 4.79 Å². The molecule has 3 aromatic rings. The highest BCUT2D eigenvalue weighted by Gasteiger charge is 2.22. The summed E-state index contributed by atoms with van der Waals surface area (Å²) in [4.78, 5) is 12.4. The first-order valence-corrected chi connectivity index (χ1v) is 10.0. The molecule has 2 aromatic carbocycles. The van der Waals surface area contributed by atoms with Gasteiger partial charge in [-0.05, 0) is 41.0 Å². The average molecular weight is 512 g/mol. The molecule has 1 heterocycles. The van der Waals surface area contributed by atoms with Gasteiger partial charge in [-0.1, -0.05) is 58.0 Å². The van der Waals surface area contributed by atoms with Crippen LogP contribution in [0.25, 0.3) is 11.3 Å². The van der Waals surface area contributed by atoms with Gasteiger partial charge in [-0.15, -0.1) is 0 Å². The topological polar surface area (TPSA) is 86.5 Å². The van der Waals surface area contributed by atoms with Gasteiger partial charge in [-0.25, -0.2) is 4.63 Å². The number of aryl methyl sites for hydroxylation is 1. The number of anilines is 1. The van der Waals surface area contributed by atoms with E-state index in [1.165, 1.54) is 0 Å². The first kappa shape index (κ1) is 22.8. The lowest BCUT2D eigenvalue weighted by Gasteiger charge is -2.13. The molecule has 0 fully saturated rings. The van der Waals surface area contributed by atoms with Gasteiger partial charge in [-0.2, -0.15) is 0 Å². The number of amides is 1. The number of aromatic nitrogens is 2. The number of benzene rings is 2. The minimum absolute atomic E-state index is 0.0155. The molecule has 0 unspecified atom stereocenters. The van der Waals surface area contributed by atoms with Gasteiger partial charge in [0.05, 0.1) is 22.2 Å². The Morgan fingerprint density at radius 1 is 1.03 bits per heavy atom. The van der Waals surface area contributed by atoms with Crippen molar-refractivity contribution in [2.24, 2.45) is 0 Å². The monoisotopic (exact) mass is 509 g/mol.